The summed E-state index contributed by atoms with van der Waals surface area (Å²) in [6.07, 6.45) is 0. The summed E-state index contributed by atoms with van der Waals surface area (Å²) in [4.78, 5) is 11.9. The summed E-state index contributed by atoms with van der Waals surface area (Å²) in [6.45, 7) is 8.56. The lowest BCUT2D eigenvalue weighted by molar-refractivity contribution is 0.0526. The smallest absolute Gasteiger partial charge is 0.338 e. The lowest BCUT2D eigenvalue weighted by Crippen LogP contribution is -2.39. The number of carbonyl (C=O) groups is 1. The fourth-order valence-corrected chi connectivity index (χ4v) is 2.77. The molecule has 0 saturated carbocycles. The van der Waals surface area contributed by atoms with Crippen LogP contribution in [-0.4, -0.2) is 30.3 Å². The first-order valence-corrected chi connectivity index (χ1v) is 9.35. The molecule has 0 saturated heterocycles. The molecule has 5 nitrogen and oxygen atoms in total. The van der Waals surface area contributed by atoms with Gasteiger partial charge >= 0.3 is 5.97 Å². The SMILES string of the molecule is CCOC(=O)c1ccc(C)c(NC(=S)NC(C)COc2ccccc2C)c1. The second kappa shape index (κ2) is 9.92. The number of ether oxygens (including phenoxy) is 2. The molecule has 2 aromatic rings. The zero-order valence-electron chi connectivity index (χ0n) is 16.2. The fraction of sp³-hybridized carbons (Fsp3) is 0.333. The van der Waals surface area contributed by atoms with Crippen LogP contribution in [0.3, 0.4) is 0 Å². The second-order valence-corrected chi connectivity index (χ2v) is 6.73. The Hall–Kier alpha value is -2.60. The highest BCUT2D eigenvalue weighted by Crippen LogP contribution is 2.18. The molecule has 1 atom stereocenters. The molecule has 0 spiro atoms. The molecule has 0 aliphatic carbocycles. The first kappa shape index (κ1) is 20.7. The molecule has 0 fully saturated rings. The Morgan fingerprint density at radius 3 is 2.59 bits per heavy atom. The number of para-hydroxylation sites is 1. The zero-order valence-corrected chi connectivity index (χ0v) is 17.0. The number of benzene rings is 2. The molecule has 0 aliphatic heterocycles. The average Bonchev–Trinajstić information content (AvgIpc) is 2.63. The molecule has 0 bridgehead atoms. The van der Waals surface area contributed by atoms with Crippen molar-refractivity contribution in [2.45, 2.75) is 33.7 Å². The van der Waals surface area contributed by atoms with E-state index in [0.717, 1.165) is 22.6 Å². The molecule has 0 radical (unpaired) electrons. The summed E-state index contributed by atoms with van der Waals surface area (Å²) < 4.78 is 10.9. The van der Waals surface area contributed by atoms with E-state index < -0.39 is 0 Å². The fourth-order valence-electron chi connectivity index (χ4n) is 2.46. The summed E-state index contributed by atoms with van der Waals surface area (Å²) in [5.41, 5.74) is 3.33. The third-order valence-electron chi connectivity index (χ3n) is 3.96. The number of nitrogens with one attached hydrogen (secondary N) is 2. The highest BCUT2D eigenvalue weighted by atomic mass is 32.1. The molecule has 2 rings (SSSR count). The number of carbonyl (C=O) groups excluding carboxylic acids is 1. The van der Waals surface area contributed by atoms with Crippen LogP contribution in [0.15, 0.2) is 42.5 Å². The van der Waals surface area contributed by atoms with Gasteiger partial charge in [0.2, 0.25) is 0 Å². The van der Waals surface area contributed by atoms with Crippen molar-refractivity contribution in [2.75, 3.05) is 18.5 Å². The Bertz CT molecular complexity index is 808. The highest BCUT2D eigenvalue weighted by Gasteiger charge is 2.11. The van der Waals surface area contributed by atoms with Crippen molar-refractivity contribution in [1.29, 1.82) is 0 Å². The third kappa shape index (κ3) is 6.25. The van der Waals surface area contributed by atoms with E-state index in [1.807, 2.05) is 51.1 Å². The normalized spacial score (nSPS) is 11.4. The lowest BCUT2D eigenvalue weighted by Gasteiger charge is -2.19. The predicted octanol–water partition coefficient (Wildman–Crippen LogP) is 4.23. The van der Waals surface area contributed by atoms with Crippen LogP contribution in [0.1, 0.15) is 35.3 Å². The summed E-state index contributed by atoms with van der Waals surface area (Å²) in [5.74, 6) is 0.516. The molecule has 0 heterocycles. The zero-order chi connectivity index (χ0) is 19.8. The predicted molar refractivity (Wildman–Crippen MR) is 113 cm³/mol. The Morgan fingerprint density at radius 1 is 1.15 bits per heavy atom. The first-order chi connectivity index (χ1) is 12.9. The Morgan fingerprint density at radius 2 is 1.89 bits per heavy atom. The van der Waals surface area contributed by atoms with Crippen LogP contribution in [0.5, 0.6) is 5.75 Å². The number of anilines is 1. The van der Waals surface area contributed by atoms with Gasteiger partial charge in [-0.2, -0.15) is 0 Å². The molecular formula is C21H26N2O3S. The summed E-state index contributed by atoms with van der Waals surface area (Å²) >= 11 is 5.39. The van der Waals surface area contributed by atoms with Gasteiger partial charge in [0.05, 0.1) is 18.2 Å². The van der Waals surface area contributed by atoms with Gasteiger partial charge in [0, 0.05) is 5.69 Å². The maximum atomic E-state index is 11.9. The summed E-state index contributed by atoms with van der Waals surface area (Å²) in [7, 11) is 0. The highest BCUT2D eigenvalue weighted by molar-refractivity contribution is 7.80. The maximum Gasteiger partial charge on any atom is 0.338 e. The van der Waals surface area contributed by atoms with Crippen LogP contribution in [-0.2, 0) is 4.74 Å². The van der Waals surface area contributed by atoms with Gasteiger partial charge in [0.15, 0.2) is 5.11 Å². The van der Waals surface area contributed by atoms with Crippen LogP contribution in [0.4, 0.5) is 5.69 Å². The van der Waals surface area contributed by atoms with Crippen molar-refractivity contribution >= 4 is 29.0 Å². The Balaban J connectivity index is 1.92. The average molecular weight is 387 g/mol. The number of rotatable bonds is 7. The van der Waals surface area contributed by atoms with Gasteiger partial charge in [-0.15, -0.1) is 0 Å². The second-order valence-electron chi connectivity index (χ2n) is 6.33. The quantitative estimate of drug-likeness (QED) is 0.548. The van der Waals surface area contributed by atoms with Gasteiger partial charge in [-0.1, -0.05) is 24.3 Å². The summed E-state index contributed by atoms with van der Waals surface area (Å²) in [6, 6.07) is 13.3. The van der Waals surface area contributed by atoms with E-state index in [1.165, 1.54) is 0 Å². The van der Waals surface area contributed by atoms with Crippen molar-refractivity contribution in [2.24, 2.45) is 0 Å². The van der Waals surface area contributed by atoms with Gasteiger partial charge in [0.25, 0.3) is 0 Å². The van der Waals surface area contributed by atoms with Crippen LogP contribution in [0, 0.1) is 13.8 Å². The molecule has 144 valence electrons. The molecule has 1 unspecified atom stereocenters. The van der Waals surface area contributed by atoms with Crippen LogP contribution >= 0.6 is 12.2 Å². The van der Waals surface area contributed by atoms with Crippen LogP contribution in [0.2, 0.25) is 0 Å². The van der Waals surface area contributed by atoms with Crippen molar-refractivity contribution in [3.63, 3.8) is 0 Å². The van der Waals surface area contributed by atoms with Gasteiger partial charge in [-0.3, -0.25) is 0 Å². The van der Waals surface area contributed by atoms with Gasteiger partial charge in [-0.05, 0) is 69.2 Å². The molecule has 0 aromatic heterocycles. The number of hydrogen-bond acceptors (Lipinski definition) is 4. The van der Waals surface area contributed by atoms with Crippen LogP contribution < -0.4 is 15.4 Å². The number of thiocarbonyl (C=S) groups is 1. The van der Waals surface area contributed by atoms with Crippen molar-refractivity contribution < 1.29 is 14.3 Å². The third-order valence-corrected chi connectivity index (χ3v) is 4.18. The van der Waals surface area contributed by atoms with Gasteiger partial charge in [0.1, 0.15) is 12.4 Å². The maximum absolute atomic E-state index is 11.9. The molecule has 27 heavy (non-hydrogen) atoms. The van der Waals surface area contributed by atoms with E-state index in [9.17, 15) is 4.79 Å². The lowest BCUT2D eigenvalue weighted by atomic mass is 10.1. The molecule has 2 aromatic carbocycles. The van der Waals surface area contributed by atoms with E-state index in [0.29, 0.717) is 23.9 Å². The number of esters is 1. The minimum atomic E-state index is -0.348. The van der Waals surface area contributed by atoms with Crippen LogP contribution in [0.25, 0.3) is 0 Å². The number of hydrogen-bond donors (Lipinski definition) is 2. The summed E-state index contributed by atoms with van der Waals surface area (Å²) in [5, 5.41) is 6.82. The minimum absolute atomic E-state index is 0.0122. The van der Waals surface area contributed by atoms with Crippen molar-refractivity contribution in [3.8, 4) is 5.75 Å². The molecule has 2 N–H and O–H groups in total. The van der Waals surface area contributed by atoms with E-state index in [4.69, 9.17) is 21.7 Å². The standard InChI is InChI=1S/C21H26N2O3S/c1-5-25-20(24)17-11-10-14(2)18(12-17)23-21(27)22-16(4)13-26-19-9-7-6-8-15(19)3/h6-12,16H,5,13H2,1-4H3,(H2,22,23,27). The van der Waals surface area contributed by atoms with E-state index in [-0.39, 0.29) is 12.0 Å². The van der Waals surface area contributed by atoms with Gasteiger partial charge in [-0.25, -0.2) is 4.79 Å². The molecule has 0 amide bonds. The van der Waals surface area contributed by atoms with E-state index >= 15 is 0 Å². The van der Waals surface area contributed by atoms with Crippen molar-refractivity contribution in [3.05, 3.63) is 59.2 Å². The minimum Gasteiger partial charge on any atom is -0.491 e. The first-order valence-electron chi connectivity index (χ1n) is 8.94. The largest absolute Gasteiger partial charge is 0.491 e. The molecular weight excluding hydrogens is 360 g/mol. The molecule has 6 heteroatoms. The number of aryl methyl sites for hydroxylation is 2. The topological polar surface area (TPSA) is 59.6 Å². The van der Waals surface area contributed by atoms with Gasteiger partial charge < -0.3 is 20.1 Å². The van der Waals surface area contributed by atoms with E-state index in [1.54, 1.807) is 19.1 Å². The Kier molecular flexibility index (Phi) is 7.61. The Labute approximate surface area is 166 Å². The van der Waals surface area contributed by atoms with Crippen molar-refractivity contribution in [1.82, 2.24) is 5.32 Å². The van der Waals surface area contributed by atoms with E-state index in [2.05, 4.69) is 10.6 Å². The monoisotopic (exact) mass is 386 g/mol. The molecule has 0 aliphatic rings.